The number of carbonyl (C=O) groups is 2. The monoisotopic (exact) mass is 240 g/mol. The van der Waals surface area contributed by atoms with Gasteiger partial charge in [-0.05, 0) is 19.3 Å². The maximum atomic E-state index is 11.7. The lowest BCUT2D eigenvalue weighted by Gasteiger charge is -2.24. The fraction of sp³-hybridized carbons (Fsp3) is 0.846. The molecule has 2 amide bonds. The average molecular weight is 240 g/mol. The molecular weight excluding hydrogens is 216 g/mol. The van der Waals surface area contributed by atoms with Gasteiger partial charge in [-0.15, -0.1) is 0 Å². The smallest absolute Gasteiger partial charge is 0.311 e. The van der Waals surface area contributed by atoms with Crippen LogP contribution in [0, 0.1) is 0 Å². The summed E-state index contributed by atoms with van der Waals surface area (Å²) in [6.45, 7) is 2.73. The Morgan fingerprint density at radius 3 is 2.47 bits per heavy atom. The summed E-state index contributed by atoms with van der Waals surface area (Å²) in [4.78, 5) is 25.0. The fourth-order valence-corrected chi connectivity index (χ4v) is 2.16. The van der Waals surface area contributed by atoms with Gasteiger partial charge in [0.2, 0.25) is 0 Å². The zero-order chi connectivity index (χ0) is 12.7. The van der Waals surface area contributed by atoms with Gasteiger partial charge in [0.15, 0.2) is 0 Å². The zero-order valence-electron chi connectivity index (χ0n) is 11.0. The van der Waals surface area contributed by atoms with Crippen molar-refractivity contribution in [2.45, 2.75) is 57.9 Å². The highest BCUT2D eigenvalue weighted by atomic mass is 16.2. The van der Waals surface area contributed by atoms with Gasteiger partial charge < -0.3 is 10.2 Å². The largest absolute Gasteiger partial charge is 0.345 e. The Balaban J connectivity index is 2.32. The maximum Gasteiger partial charge on any atom is 0.311 e. The number of carbonyl (C=O) groups excluding carboxylic acids is 2. The number of rotatable bonds is 4. The van der Waals surface area contributed by atoms with Gasteiger partial charge in [0, 0.05) is 19.6 Å². The molecule has 1 aliphatic carbocycles. The minimum Gasteiger partial charge on any atom is -0.345 e. The second kappa shape index (κ2) is 7.30. The molecule has 1 rings (SSSR count). The zero-order valence-corrected chi connectivity index (χ0v) is 11.0. The number of amides is 2. The lowest BCUT2D eigenvalue weighted by atomic mass is 9.95. The van der Waals surface area contributed by atoms with E-state index < -0.39 is 11.8 Å². The summed E-state index contributed by atoms with van der Waals surface area (Å²) in [7, 11) is 1.69. The Bertz CT molecular complexity index is 260. The van der Waals surface area contributed by atoms with Crippen LogP contribution in [-0.4, -0.2) is 36.3 Å². The quantitative estimate of drug-likeness (QED) is 0.760. The molecule has 0 saturated heterocycles. The van der Waals surface area contributed by atoms with Crippen LogP contribution >= 0.6 is 0 Å². The molecule has 1 saturated carbocycles. The van der Waals surface area contributed by atoms with Crippen LogP contribution in [0.25, 0.3) is 0 Å². The molecule has 0 radical (unpaired) electrons. The van der Waals surface area contributed by atoms with Crippen LogP contribution in [-0.2, 0) is 9.59 Å². The van der Waals surface area contributed by atoms with Crippen LogP contribution in [0.4, 0.5) is 0 Å². The van der Waals surface area contributed by atoms with Crippen molar-refractivity contribution in [3.63, 3.8) is 0 Å². The number of hydrogen-bond donors (Lipinski definition) is 1. The maximum absolute atomic E-state index is 11.7. The van der Waals surface area contributed by atoms with Crippen molar-refractivity contribution in [1.29, 1.82) is 0 Å². The highest BCUT2D eigenvalue weighted by Crippen LogP contribution is 2.17. The summed E-state index contributed by atoms with van der Waals surface area (Å²) in [6.07, 6.45) is 7.56. The highest BCUT2D eigenvalue weighted by molar-refractivity contribution is 6.35. The van der Waals surface area contributed by atoms with Crippen molar-refractivity contribution >= 4 is 11.8 Å². The summed E-state index contributed by atoms with van der Waals surface area (Å²) in [5.41, 5.74) is 0. The Labute approximate surface area is 104 Å². The van der Waals surface area contributed by atoms with E-state index >= 15 is 0 Å². The molecule has 4 nitrogen and oxygen atoms in total. The van der Waals surface area contributed by atoms with Crippen LogP contribution in [0.2, 0.25) is 0 Å². The Morgan fingerprint density at radius 1 is 1.24 bits per heavy atom. The van der Waals surface area contributed by atoms with Crippen LogP contribution in [0.1, 0.15) is 51.9 Å². The molecule has 0 heterocycles. The van der Waals surface area contributed by atoms with Crippen LogP contribution in [0.15, 0.2) is 0 Å². The predicted molar refractivity (Wildman–Crippen MR) is 67.6 cm³/mol. The predicted octanol–water partition coefficient (Wildman–Crippen LogP) is 1.69. The molecule has 0 spiro atoms. The van der Waals surface area contributed by atoms with E-state index in [4.69, 9.17) is 0 Å². The normalized spacial score (nSPS) is 16.6. The van der Waals surface area contributed by atoms with Crippen LogP contribution < -0.4 is 5.32 Å². The van der Waals surface area contributed by atoms with Gasteiger partial charge in [0.25, 0.3) is 0 Å². The number of unbranched alkanes of at least 4 members (excludes halogenated alkanes) is 1. The van der Waals surface area contributed by atoms with E-state index in [0.717, 1.165) is 38.5 Å². The summed E-state index contributed by atoms with van der Waals surface area (Å²) < 4.78 is 0. The first kappa shape index (κ1) is 14.0. The summed E-state index contributed by atoms with van der Waals surface area (Å²) in [5, 5.41) is 2.85. The van der Waals surface area contributed by atoms with E-state index in [9.17, 15) is 9.59 Å². The second-order valence-corrected chi connectivity index (χ2v) is 4.89. The lowest BCUT2D eigenvalue weighted by Crippen LogP contribution is -2.46. The molecular formula is C13H24N2O2. The van der Waals surface area contributed by atoms with E-state index in [2.05, 4.69) is 12.2 Å². The molecule has 1 aliphatic rings. The van der Waals surface area contributed by atoms with E-state index in [0.29, 0.717) is 6.54 Å². The van der Waals surface area contributed by atoms with Crippen molar-refractivity contribution in [3.8, 4) is 0 Å². The van der Waals surface area contributed by atoms with Crippen molar-refractivity contribution in [2.75, 3.05) is 13.6 Å². The van der Waals surface area contributed by atoms with Crippen molar-refractivity contribution < 1.29 is 9.59 Å². The van der Waals surface area contributed by atoms with Gasteiger partial charge in [0.05, 0.1) is 0 Å². The van der Waals surface area contributed by atoms with Gasteiger partial charge in [0.1, 0.15) is 0 Å². The third-order valence-corrected chi connectivity index (χ3v) is 3.33. The first-order valence-corrected chi connectivity index (χ1v) is 6.71. The standard InChI is InChI=1S/C13H24N2O2/c1-3-4-10-15(2)13(17)12(16)14-11-8-6-5-7-9-11/h11H,3-10H2,1-2H3,(H,14,16). The third kappa shape index (κ3) is 4.75. The minimum absolute atomic E-state index is 0.208. The summed E-state index contributed by atoms with van der Waals surface area (Å²) >= 11 is 0. The third-order valence-electron chi connectivity index (χ3n) is 3.33. The number of nitrogens with one attached hydrogen (secondary N) is 1. The first-order chi connectivity index (χ1) is 8.15. The molecule has 1 fully saturated rings. The number of likely N-dealkylation sites (N-methyl/N-ethyl adjacent to an activating group) is 1. The van der Waals surface area contributed by atoms with Gasteiger partial charge in [-0.3, -0.25) is 9.59 Å². The topological polar surface area (TPSA) is 49.4 Å². The SMILES string of the molecule is CCCCN(C)C(=O)C(=O)NC1CCCCC1. The van der Waals surface area contributed by atoms with Crippen molar-refractivity contribution in [3.05, 3.63) is 0 Å². The molecule has 0 aromatic rings. The van der Waals surface area contributed by atoms with Crippen LogP contribution in [0.5, 0.6) is 0 Å². The molecule has 0 aromatic heterocycles. The number of hydrogen-bond acceptors (Lipinski definition) is 2. The van der Waals surface area contributed by atoms with E-state index in [1.807, 2.05) is 0 Å². The summed E-state index contributed by atoms with van der Waals surface area (Å²) in [5.74, 6) is -0.834. The molecule has 1 N–H and O–H groups in total. The molecule has 0 unspecified atom stereocenters. The fourth-order valence-electron chi connectivity index (χ4n) is 2.16. The van der Waals surface area contributed by atoms with Crippen molar-refractivity contribution in [1.82, 2.24) is 10.2 Å². The van der Waals surface area contributed by atoms with E-state index in [-0.39, 0.29) is 6.04 Å². The Morgan fingerprint density at radius 2 is 1.88 bits per heavy atom. The van der Waals surface area contributed by atoms with Gasteiger partial charge in [-0.1, -0.05) is 32.6 Å². The van der Waals surface area contributed by atoms with E-state index in [1.54, 1.807) is 7.05 Å². The molecule has 98 valence electrons. The van der Waals surface area contributed by atoms with Crippen LogP contribution in [0.3, 0.4) is 0 Å². The second-order valence-electron chi connectivity index (χ2n) is 4.89. The molecule has 0 aromatic carbocycles. The number of nitrogens with zero attached hydrogens (tertiary/aromatic N) is 1. The summed E-state index contributed by atoms with van der Waals surface area (Å²) in [6, 6.07) is 0.208. The minimum atomic E-state index is -0.435. The first-order valence-electron chi connectivity index (χ1n) is 6.71. The average Bonchev–Trinajstić information content (AvgIpc) is 2.36. The molecule has 0 atom stereocenters. The van der Waals surface area contributed by atoms with Gasteiger partial charge in [-0.2, -0.15) is 0 Å². The van der Waals surface area contributed by atoms with E-state index in [1.165, 1.54) is 11.3 Å². The molecule has 4 heteroatoms. The Kier molecular flexibility index (Phi) is 6.01. The molecule has 17 heavy (non-hydrogen) atoms. The molecule has 0 aliphatic heterocycles. The Hall–Kier alpha value is -1.06. The lowest BCUT2D eigenvalue weighted by molar-refractivity contribution is -0.145. The van der Waals surface area contributed by atoms with Gasteiger partial charge >= 0.3 is 11.8 Å². The van der Waals surface area contributed by atoms with Gasteiger partial charge in [-0.25, -0.2) is 0 Å². The van der Waals surface area contributed by atoms with Crippen molar-refractivity contribution in [2.24, 2.45) is 0 Å². The molecule has 0 bridgehead atoms. The highest BCUT2D eigenvalue weighted by Gasteiger charge is 2.22.